The minimum atomic E-state index is -0.335. The summed E-state index contributed by atoms with van der Waals surface area (Å²) in [7, 11) is 0. The molecule has 1 aromatic rings. The highest BCUT2D eigenvalue weighted by Gasteiger charge is 2.26. The van der Waals surface area contributed by atoms with E-state index in [0.29, 0.717) is 10.5 Å². The number of nitro benzene ring substituents is 1. The van der Waals surface area contributed by atoms with E-state index in [1.54, 1.807) is 12.1 Å². The van der Waals surface area contributed by atoms with Crippen LogP contribution in [0.15, 0.2) is 22.7 Å². The van der Waals surface area contributed by atoms with Crippen molar-refractivity contribution in [3.63, 3.8) is 0 Å². The first-order valence-corrected chi connectivity index (χ1v) is 8.53. The summed E-state index contributed by atoms with van der Waals surface area (Å²) in [6.07, 6.45) is 1.25. The molecule has 1 aromatic carbocycles. The zero-order valence-corrected chi connectivity index (χ0v) is 15.3. The van der Waals surface area contributed by atoms with Crippen LogP contribution in [-0.4, -0.2) is 60.0 Å². The molecule has 0 spiro atoms. The average molecular weight is 406 g/mol. The van der Waals surface area contributed by atoms with E-state index in [0.717, 1.165) is 51.4 Å². The molecule has 2 fully saturated rings. The molecule has 0 aliphatic carbocycles. The second-order valence-electron chi connectivity index (χ2n) is 6.00. The van der Waals surface area contributed by atoms with Gasteiger partial charge in [-0.25, -0.2) is 0 Å². The van der Waals surface area contributed by atoms with E-state index in [2.05, 4.69) is 31.0 Å². The van der Waals surface area contributed by atoms with Gasteiger partial charge in [0.05, 0.1) is 9.40 Å². The lowest BCUT2D eigenvalue weighted by molar-refractivity contribution is -0.385. The quantitative estimate of drug-likeness (QED) is 0.615. The predicted molar refractivity (Wildman–Crippen MR) is 96.2 cm³/mol. The predicted octanol–water partition coefficient (Wildman–Crippen LogP) is 2.26. The molecule has 0 amide bonds. The van der Waals surface area contributed by atoms with Gasteiger partial charge in [0.1, 0.15) is 0 Å². The maximum Gasteiger partial charge on any atom is 0.283 e. The van der Waals surface area contributed by atoms with Gasteiger partial charge in [-0.3, -0.25) is 19.9 Å². The molecule has 0 saturated carbocycles. The second kappa shape index (κ2) is 8.39. The number of halogens is 2. The third kappa shape index (κ3) is 4.64. The minimum absolute atomic E-state index is 0. The average Bonchev–Trinajstić information content (AvgIpc) is 3.04. The highest BCUT2D eigenvalue weighted by atomic mass is 79.9. The Morgan fingerprint density at radius 2 is 2.04 bits per heavy atom. The van der Waals surface area contributed by atoms with Crippen LogP contribution in [0.3, 0.4) is 0 Å². The summed E-state index contributed by atoms with van der Waals surface area (Å²) in [4.78, 5) is 15.6. The molecule has 1 N–H and O–H groups in total. The lowest BCUT2D eigenvalue weighted by atomic mass is 10.1. The van der Waals surface area contributed by atoms with Crippen molar-refractivity contribution in [2.75, 3.05) is 39.3 Å². The molecule has 1 atom stereocenters. The van der Waals surface area contributed by atoms with E-state index in [4.69, 9.17) is 0 Å². The Morgan fingerprint density at radius 1 is 1.30 bits per heavy atom. The number of rotatable bonds is 4. The fraction of sp³-hybridized carbons (Fsp3) is 0.600. The van der Waals surface area contributed by atoms with Crippen molar-refractivity contribution in [1.82, 2.24) is 15.1 Å². The van der Waals surface area contributed by atoms with Gasteiger partial charge in [-0.2, -0.15) is 0 Å². The minimum Gasteiger partial charge on any atom is -0.315 e. The number of nitrogens with one attached hydrogen (secondary N) is 1. The molecule has 2 saturated heterocycles. The lowest BCUT2D eigenvalue weighted by Gasteiger charge is -2.37. The van der Waals surface area contributed by atoms with Crippen molar-refractivity contribution in [2.24, 2.45) is 0 Å². The van der Waals surface area contributed by atoms with Crippen LogP contribution in [0.1, 0.15) is 12.0 Å². The fourth-order valence-electron chi connectivity index (χ4n) is 3.29. The van der Waals surface area contributed by atoms with Gasteiger partial charge in [0, 0.05) is 51.4 Å². The van der Waals surface area contributed by atoms with Gasteiger partial charge < -0.3 is 5.32 Å². The molecule has 0 radical (unpaired) electrons. The second-order valence-corrected chi connectivity index (χ2v) is 6.86. The number of nitro groups is 1. The SMILES string of the molecule is Cl.O=[N+]([O-])c1cc(CN2CCN(C3CCNC3)CC2)ccc1Br. The van der Waals surface area contributed by atoms with E-state index in [1.807, 2.05) is 6.07 Å². The maximum absolute atomic E-state index is 11.0. The van der Waals surface area contributed by atoms with Gasteiger partial charge in [0.25, 0.3) is 5.69 Å². The lowest BCUT2D eigenvalue weighted by Crippen LogP contribution is -2.50. The first-order chi connectivity index (χ1) is 10.6. The molecular weight excluding hydrogens is 384 g/mol. The summed E-state index contributed by atoms with van der Waals surface area (Å²) in [5, 5.41) is 14.4. The Hall–Kier alpha value is -0.730. The van der Waals surface area contributed by atoms with Gasteiger partial charge in [-0.05, 0) is 40.5 Å². The summed E-state index contributed by atoms with van der Waals surface area (Å²) in [5.41, 5.74) is 1.15. The zero-order chi connectivity index (χ0) is 15.5. The largest absolute Gasteiger partial charge is 0.315 e. The number of hydrogen-bond donors (Lipinski definition) is 1. The Labute approximate surface area is 150 Å². The van der Waals surface area contributed by atoms with E-state index in [-0.39, 0.29) is 23.0 Å². The summed E-state index contributed by atoms with van der Waals surface area (Å²) in [5.74, 6) is 0. The van der Waals surface area contributed by atoms with Crippen LogP contribution in [0.2, 0.25) is 0 Å². The Kier molecular flexibility index (Phi) is 6.79. The normalized spacial score (nSPS) is 22.7. The Morgan fingerprint density at radius 3 is 2.65 bits per heavy atom. The molecule has 2 aliphatic rings. The third-order valence-electron chi connectivity index (χ3n) is 4.57. The molecular formula is C15H22BrClN4O2. The van der Waals surface area contributed by atoms with Crippen molar-refractivity contribution in [3.8, 4) is 0 Å². The van der Waals surface area contributed by atoms with Gasteiger partial charge in [-0.1, -0.05) is 6.07 Å². The van der Waals surface area contributed by atoms with Crippen LogP contribution in [-0.2, 0) is 6.54 Å². The monoisotopic (exact) mass is 404 g/mol. The van der Waals surface area contributed by atoms with Gasteiger partial charge in [0.15, 0.2) is 0 Å². The summed E-state index contributed by atoms with van der Waals surface area (Å²) < 4.78 is 0.541. The number of piperazine rings is 1. The third-order valence-corrected chi connectivity index (χ3v) is 5.24. The number of nitrogens with zero attached hydrogens (tertiary/aromatic N) is 3. The zero-order valence-electron chi connectivity index (χ0n) is 12.9. The fourth-order valence-corrected chi connectivity index (χ4v) is 3.68. The first kappa shape index (κ1) is 18.6. The van der Waals surface area contributed by atoms with Crippen LogP contribution in [0.4, 0.5) is 5.69 Å². The van der Waals surface area contributed by atoms with E-state index in [1.165, 1.54) is 6.42 Å². The van der Waals surface area contributed by atoms with Crippen LogP contribution in [0.25, 0.3) is 0 Å². The van der Waals surface area contributed by atoms with E-state index < -0.39 is 0 Å². The summed E-state index contributed by atoms with van der Waals surface area (Å²) in [6.45, 7) is 7.26. The molecule has 8 heteroatoms. The first-order valence-electron chi connectivity index (χ1n) is 7.73. The van der Waals surface area contributed by atoms with E-state index >= 15 is 0 Å². The number of hydrogen-bond acceptors (Lipinski definition) is 5. The molecule has 128 valence electrons. The van der Waals surface area contributed by atoms with Gasteiger partial charge in [-0.15, -0.1) is 12.4 Å². The van der Waals surface area contributed by atoms with E-state index in [9.17, 15) is 10.1 Å². The van der Waals surface area contributed by atoms with Crippen LogP contribution in [0, 0.1) is 10.1 Å². The molecule has 3 rings (SSSR count). The van der Waals surface area contributed by atoms with Gasteiger partial charge in [0.2, 0.25) is 0 Å². The molecule has 23 heavy (non-hydrogen) atoms. The van der Waals surface area contributed by atoms with Crippen molar-refractivity contribution in [1.29, 1.82) is 0 Å². The maximum atomic E-state index is 11.0. The molecule has 0 bridgehead atoms. The Bertz CT molecular complexity index is 546. The van der Waals surface area contributed by atoms with Crippen molar-refractivity contribution in [3.05, 3.63) is 38.3 Å². The van der Waals surface area contributed by atoms with Crippen molar-refractivity contribution in [2.45, 2.75) is 19.0 Å². The smallest absolute Gasteiger partial charge is 0.283 e. The highest BCUT2D eigenvalue weighted by Crippen LogP contribution is 2.26. The summed E-state index contributed by atoms with van der Waals surface area (Å²) >= 11 is 3.23. The number of benzene rings is 1. The standard InChI is InChI=1S/C15H21BrN4O2.ClH/c16-14-2-1-12(9-15(14)20(21)22)11-18-5-7-19(8-6-18)13-3-4-17-10-13;/h1-2,9,13,17H,3-8,10-11H2;1H. The van der Waals surface area contributed by atoms with Crippen LogP contribution in [0.5, 0.6) is 0 Å². The molecule has 2 heterocycles. The molecule has 2 aliphatic heterocycles. The molecule has 0 aromatic heterocycles. The molecule has 1 unspecified atom stereocenters. The van der Waals surface area contributed by atoms with Crippen molar-refractivity contribution < 1.29 is 4.92 Å². The summed E-state index contributed by atoms with van der Waals surface area (Å²) in [6, 6.07) is 6.10. The van der Waals surface area contributed by atoms with Crippen LogP contribution >= 0.6 is 28.3 Å². The Balaban J connectivity index is 0.00000192. The van der Waals surface area contributed by atoms with Crippen LogP contribution < -0.4 is 5.32 Å². The van der Waals surface area contributed by atoms with Gasteiger partial charge >= 0.3 is 0 Å². The highest BCUT2D eigenvalue weighted by molar-refractivity contribution is 9.10. The van der Waals surface area contributed by atoms with Crippen molar-refractivity contribution >= 4 is 34.0 Å². The topological polar surface area (TPSA) is 61.7 Å². The molecule has 6 nitrogen and oxygen atoms in total.